The first-order valence-corrected chi connectivity index (χ1v) is 11.9. The Morgan fingerprint density at radius 3 is 2.45 bits per heavy atom. The molecule has 2 aromatic rings. The number of hydrogen-bond acceptors (Lipinski definition) is 5. The van der Waals surface area contributed by atoms with Gasteiger partial charge in [-0.3, -0.25) is 14.3 Å². The van der Waals surface area contributed by atoms with E-state index in [9.17, 15) is 9.59 Å². The number of aromatic nitrogens is 2. The Kier molecular flexibility index (Phi) is 7.42. The zero-order chi connectivity index (χ0) is 22.8. The quantitative estimate of drug-likeness (QED) is 0.611. The smallest absolute Gasteiger partial charge is 0.410 e. The van der Waals surface area contributed by atoms with Gasteiger partial charge >= 0.3 is 6.09 Å². The molecule has 1 fully saturated rings. The molecule has 0 spiro atoms. The SMILES string of the molecule is CCCC(c1nc2ccc(Br)cc2c(=O)n1CC)N1CCN(C(=O)OC(C)(C)C)CC1. The predicted octanol–water partition coefficient (Wildman–Crippen LogP) is 4.57. The molecule has 3 rings (SSSR count). The number of fused-ring (bicyclic) bond motifs is 1. The predicted molar refractivity (Wildman–Crippen MR) is 126 cm³/mol. The lowest BCUT2D eigenvalue weighted by molar-refractivity contribution is 0.00898. The Bertz CT molecular complexity index is 991. The van der Waals surface area contributed by atoms with Crippen LogP contribution < -0.4 is 5.56 Å². The zero-order valence-electron chi connectivity index (χ0n) is 19.2. The summed E-state index contributed by atoms with van der Waals surface area (Å²) >= 11 is 3.46. The number of hydrogen-bond donors (Lipinski definition) is 0. The Morgan fingerprint density at radius 2 is 1.87 bits per heavy atom. The summed E-state index contributed by atoms with van der Waals surface area (Å²) in [6.45, 7) is 13.0. The van der Waals surface area contributed by atoms with Crippen LogP contribution in [0.15, 0.2) is 27.5 Å². The van der Waals surface area contributed by atoms with E-state index >= 15 is 0 Å². The fraction of sp³-hybridized carbons (Fsp3) is 0.609. The van der Waals surface area contributed by atoms with E-state index in [0.717, 1.165) is 41.7 Å². The fourth-order valence-electron chi connectivity index (χ4n) is 4.06. The molecule has 1 aliphatic heterocycles. The van der Waals surface area contributed by atoms with Gasteiger partial charge in [-0.25, -0.2) is 9.78 Å². The highest BCUT2D eigenvalue weighted by atomic mass is 79.9. The number of carbonyl (C=O) groups is 1. The zero-order valence-corrected chi connectivity index (χ0v) is 20.7. The molecule has 1 atom stereocenters. The molecule has 0 saturated carbocycles. The summed E-state index contributed by atoms with van der Waals surface area (Å²) in [4.78, 5) is 34.7. The van der Waals surface area contributed by atoms with Crippen molar-refractivity contribution in [2.45, 2.75) is 65.6 Å². The van der Waals surface area contributed by atoms with Crippen LogP contribution in [-0.4, -0.2) is 57.2 Å². The average Bonchev–Trinajstić information content (AvgIpc) is 2.71. The van der Waals surface area contributed by atoms with E-state index < -0.39 is 5.60 Å². The van der Waals surface area contributed by atoms with Crippen molar-refractivity contribution in [3.05, 3.63) is 38.9 Å². The minimum absolute atomic E-state index is 0.00251. The Hall–Kier alpha value is -1.93. The molecule has 170 valence electrons. The third kappa shape index (κ3) is 5.47. The highest BCUT2D eigenvalue weighted by Gasteiger charge is 2.31. The van der Waals surface area contributed by atoms with E-state index in [1.165, 1.54) is 0 Å². The standard InChI is InChI=1S/C23H33BrN4O3/c1-6-8-19(26-11-13-27(14-12-26)22(30)31-23(3,4)5)20-25-18-10-9-16(24)15-17(18)21(29)28(20)7-2/h9-10,15,19H,6-8,11-14H2,1-5H3. The van der Waals surface area contributed by atoms with Crippen LogP contribution in [-0.2, 0) is 11.3 Å². The second-order valence-corrected chi connectivity index (χ2v) is 9.90. The summed E-state index contributed by atoms with van der Waals surface area (Å²) in [6, 6.07) is 5.69. The molecule has 1 saturated heterocycles. The molecule has 0 N–H and O–H groups in total. The number of benzene rings is 1. The maximum atomic E-state index is 13.2. The van der Waals surface area contributed by atoms with Gasteiger partial charge < -0.3 is 9.64 Å². The number of rotatable bonds is 5. The van der Waals surface area contributed by atoms with Gasteiger partial charge in [0, 0.05) is 37.2 Å². The summed E-state index contributed by atoms with van der Waals surface area (Å²) in [5, 5.41) is 0.630. The number of carbonyl (C=O) groups excluding carboxylic acids is 1. The Morgan fingerprint density at radius 1 is 1.19 bits per heavy atom. The van der Waals surface area contributed by atoms with Gasteiger partial charge in [0.2, 0.25) is 0 Å². The minimum atomic E-state index is -0.500. The molecule has 0 bridgehead atoms. The van der Waals surface area contributed by atoms with Crippen molar-refractivity contribution in [2.75, 3.05) is 26.2 Å². The van der Waals surface area contributed by atoms with Gasteiger partial charge in [-0.05, 0) is 52.3 Å². The van der Waals surface area contributed by atoms with Crippen LogP contribution in [0.4, 0.5) is 4.79 Å². The lowest BCUT2D eigenvalue weighted by Crippen LogP contribution is -2.51. The Labute approximate surface area is 192 Å². The van der Waals surface area contributed by atoms with E-state index in [1.54, 1.807) is 9.47 Å². The summed E-state index contributed by atoms with van der Waals surface area (Å²) < 4.78 is 8.20. The van der Waals surface area contributed by atoms with Crippen molar-refractivity contribution in [3.63, 3.8) is 0 Å². The molecule has 1 aliphatic rings. The third-order valence-electron chi connectivity index (χ3n) is 5.53. The molecular weight excluding hydrogens is 460 g/mol. The molecule has 0 aliphatic carbocycles. The molecule has 1 amide bonds. The molecule has 1 unspecified atom stereocenters. The van der Waals surface area contributed by atoms with Crippen molar-refractivity contribution in [3.8, 4) is 0 Å². The lowest BCUT2D eigenvalue weighted by atomic mass is 10.1. The number of nitrogens with zero attached hydrogens (tertiary/aromatic N) is 4. The van der Waals surface area contributed by atoms with Crippen LogP contribution in [0, 0.1) is 0 Å². The molecule has 1 aromatic heterocycles. The maximum Gasteiger partial charge on any atom is 0.410 e. The van der Waals surface area contributed by atoms with E-state index in [0.29, 0.717) is 25.0 Å². The second-order valence-electron chi connectivity index (χ2n) is 8.99. The number of amides is 1. The first kappa shape index (κ1) is 23.7. The van der Waals surface area contributed by atoms with Gasteiger partial charge in [-0.2, -0.15) is 0 Å². The van der Waals surface area contributed by atoms with Crippen LogP contribution >= 0.6 is 15.9 Å². The molecule has 7 nitrogen and oxygen atoms in total. The average molecular weight is 493 g/mol. The van der Waals surface area contributed by atoms with Crippen LogP contribution in [0.2, 0.25) is 0 Å². The van der Waals surface area contributed by atoms with Crippen LogP contribution in [0.3, 0.4) is 0 Å². The van der Waals surface area contributed by atoms with Gasteiger partial charge in [0.1, 0.15) is 11.4 Å². The van der Waals surface area contributed by atoms with Crippen molar-refractivity contribution in [2.24, 2.45) is 0 Å². The minimum Gasteiger partial charge on any atom is -0.444 e. The van der Waals surface area contributed by atoms with Gasteiger partial charge in [-0.1, -0.05) is 29.3 Å². The van der Waals surface area contributed by atoms with Gasteiger partial charge in [-0.15, -0.1) is 0 Å². The van der Waals surface area contributed by atoms with Crippen molar-refractivity contribution in [1.29, 1.82) is 0 Å². The molecule has 1 aromatic carbocycles. The van der Waals surface area contributed by atoms with Crippen molar-refractivity contribution >= 4 is 32.9 Å². The number of piperazine rings is 1. The molecule has 2 heterocycles. The summed E-state index contributed by atoms with van der Waals surface area (Å²) in [7, 11) is 0. The number of ether oxygens (including phenoxy) is 1. The lowest BCUT2D eigenvalue weighted by Gasteiger charge is -2.39. The van der Waals surface area contributed by atoms with Crippen LogP contribution in [0.5, 0.6) is 0 Å². The van der Waals surface area contributed by atoms with E-state index in [4.69, 9.17) is 9.72 Å². The first-order chi connectivity index (χ1) is 14.6. The topological polar surface area (TPSA) is 67.7 Å². The van der Waals surface area contributed by atoms with E-state index in [-0.39, 0.29) is 17.7 Å². The molecular formula is C23H33BrN4O3. The third-order valence-corrected chi connectivity index (χ3v) is 6.02. The fourth-order valence-corrected chi connectivity index (χ4v) is 4.42. The molecule has 31 heavy (non-hydrogen) atoms. The van der Waals surface area contributed by atoms with Crippen molar-refractivity contribution in [1.82, 2.24) is 19.4 Å². The van der Waals surface area contributed by atoms with Crippen molar-refractivity contribution < 1.29 is 9.53 Å². The van der Waals surface area contributed by atoms with Gasteiger partial charge in [0.05, 0.1) is 16.9 Å². The number of halogens is 1. The first-order valence-electron chi connectivity index (χ1n) is 11.1. The highest BCUT2D eigenvalue weighted by molar-refractivity contribution is 9.10. The summed E-state index contributed by atoms with van der Waals surface area (Å²) in [5.74, 6) is 0.815. The van der Waals surface area contributed by atoms with Crippen LogP contribution in [0.1, 0.15) is 59.3 Å². The van der Waals surface area contributed by atoms with E-state index in [2.05, 4.69) is 27.8 Å². The highest BCUT2D eigenvalue weighted by Crippen LogP contribution is 2.27. The molecule has 0 radical (unpaired) electrons. The molecule has 8 heteroatoms. The monoisotopic (exact) mass is 492 g/mol. The largest absolute Gasteiger partial charge is 0.444 e. The normalized spacial score (nSPS) is 16.5. The van der Waals surface area contributed by atoms with Crippen LogP contribution in [0.25, 0.3) is 10.9 Å². The maximum absolute atomic E-state index is 13.2. The van der Waals surface area contributed by atoms with Gasteiger partial charge in [0.15, 0.2) is 0 Å². The van der Waals surface area contributed by atoms with E-state index in [1.807, 2.05) is 45.9 Å². The van der Waals surface area contributed by atoms with Gasteiger partial charge in [0.25, 0.3) is 5.56 Å². The summed E-state index contributed by atoms with van der Waals surface area (Å²) in [5.41, 5.74) is 0.221. The Balaban J connectivity index is 1.88. The summed E-state index contributed by atoms with van der Waals surface area (Å²) in [6.07, 6.45) is 1.62. The second kappa shape index (κ2) is 9.69.